The van der Waals surface area contributed by atoms with E-state index in [0.717, 1.165) is 5.56 Å². The van der Waals surface area contributed by atoms with Gasteiger partial charge in [-0.2, -0.15) is 0 Å². The van der Waals surface area contributed by atoms with E-state index in [4.69, 9.17) is 0 Å². The SMILES string of the molecule is C=C[C@@H](O)Cc1cccc(C)c1. The summed E-state index contributed by atoms with van der Waals surface area (Å²) < 4.78 is 0. The molecule has 1 nitrogen and oxygen atoms in total. The molecule has 1 rings (SSSR count). The van der Waals surface area contributed by atoms with E-state index < -0.39 is 6.10 Å². The maximum Gasteiger partial charge on any atom is 0.0758 e. The number of hydrogen-bond acceptors (Lipinski definition) is 1. The summed E-state index contributed by atoms with van der Waals surface area (Å²) in [6, 6.07) is 8.14. The van der Waals surface area contributed by atoms with Gasteiger partial charge in [0, 0.05) is 6.42 Å². The molecular weight excluding hydrogens is 148 g/mol. The minimum Gasteiger partial charge on any atom is -0.389 e. The van der Waals surface area contributed by atoms with Gasteiger partial charge in [-0.15, -0.1) is 6.58 Å². The summed E-state index contributed by atoms with van der Waals surface area (Å²) in [6.07, 6.45) is 1.79. The maximum atomic E-state index is 9.28. The Morgan fingerprint density at radius 2 is 2.33 bits per heavy atom. The molecule has 1 atom stereocenters. The Bertz CT molecular complexity index is 265. The van der Waals surface area contributed by atoms with Crippen LogP contribution in [0.1, 0.15) is 11.1 Å². The fourth-order valence-corrected chi connectivity index (χ4v) is 1.16. The lowest BCUT2D eigenvalue weighted by atomic mass is 10.1. The van der Waals surface area contributed by atoms with Crippen LogP contribution in [0.25, 0.3) is 0 Å². The number of benzene rings is 1. The highest BCUT2D eigenvalue weighted by atomic mass is 16.3. The van der Waals surface area contributed by atoms with Crippen LogP contribution in [0.2, 0.25) is 0 Å². The molecule has 0 amide bonds. The number of hydrogen-bond donors (Lipinski definition) is 1. The van der Waals surface area contributed by atoms with Crippen LogP contribution in [-0.4, -0.2) is 11.2 Å². The van der Waals surface area contributed by atoms with Crippen LogP contribution >= 0.6 is 0 Å². The van der Waals surface area contributed by atoms with Crippen molar-refractivity contribution in [3.63, 3.8) is 0 Å². The second-order valence-corrected chi connectivity index (χ2v) is 3.00. The molecule has 12 heavy (non-hydrogen) atoms. The van der Waals surface area contributed by atoms with Crippen LogP contribution in [0, 0.1) is 6.92 Å². The summed E-state index contributed by atoms with van der Waals surface area (Å²) in [5.41, 5.74) is 2.38. The van der Waals surface area contributed by atoms with Crippen LogP contribution in [0.15, 0.2) is 36.9 Å². The zero-order valence-corrected chi connectivity index (χ0v) is 7.33. The molecule has 64 valence electrons. The minimum absolute atomic E-state index is 0.424. The smallest absolute Gasteiger partial charge is 0.0758 e. The first kappa shape index (κ1) is 9.01. The fraction of sp³-hybridized carbons (Fsp3) is 0.273. The highest BCUT2D eigenvalue weighted by Crippen LogP contribution is 2.06. The monoisotopic (exact) mass is 162 g/mol. The molecule has 1 aromatic rings. The van der Waals surface area contributed by atoms with Crippen molar-refractivity contribution in [2.24, 2.45) is 0 Å². The predicted octanol–water partition coefficient (Wildman–Crippen LogP) is 2.08. The lowest BCUT2D eigenvalue weighted by Gasteiger charge is -2.05. The minimum atomic E-state index is -0.424. The summed E-state index contributed by atoms with van der Waals surface area (Å²) in [4.78, 5) is 0. The zero-order chi connectivity index (χ0) is 8.97. The largest absolute Gasteiger partial charge is 0.389 e. The molecule has 0 aliphatic rings. The number of aliphatic hydroxyl groups excluding tert-OH is 1. The van der Waals surface area contributed by atoms with Crippen LogP contribution in [0.3, 0.4) is 0 Å². The number of aliphatic hydroxyl groups is 1. The van der Waals surface area contributed by atoms with Gasteiger partial charge in [0.25, 0.3) is 0 Å². The Balaban J connectivity index is 2.69. The van der Waals surface area contributed by atoms with Crippen LogP contribution in [-0.2, 0) is 6.42 Å². The first-order valence-electron chi connectivity index (χ1n) is 4.08. The van der Waals surface area contributed by atoms with Crippen molar-refractivity contribution in [2.75, 3.05) is 0 Å². The molecular formula is C11H14O. The summed E-state index contributed by atoms with van der Waals surface area (Å²) >= 11 is 0. The number of aryl methyl sites for hydroxylation is 1. The van der Waals surface area contributed by atoms with Gasteiger partial charge in [0.05, 0.1) is 6.10 Å². The molecule has 0 aliphatic heterocycles. The van der Waals surface area contributed by atoms with Crippen molar-refractivity contribution in [1.29, 1.82) is 0 Å². The topological polar surface area (TPSA) is 20.2 Å². The third-order valence-corrected chi connectivity index (χ3v) is 1.80. The molecule has 0 heterocycles. The van der Waals surface area contributed by atoms with Crippen LogP contribution < -0.4 is 0 Å². The predicted molar refractivity (Wildman–Crippen MR) is 51.1 cm³/mol. The molecule has 0 aromatic heterocycles. The number of rotatable bonds is 3. The van der Waals surface area contributed by atoms with Crippen molar-refractivity contribution in [2.45, 2.75) is 19.4 Å². The quantitative estimate of drug-likeness (QED) is 0.675. The van der Waals surface area contributed by atoms with Crippen LogP contribution in [0.4, 0.5) is 0 Å². The van der Waals surface area contributed by atoms with Crippen molar-refractivity contribution >= 4 is 0 Å². The lowest BCUT2D eigenvalue weighted by molar-refractivity contribution is 0.224. The first-order valence-corrected chi connectivity index (χ1v) is 4.08. The molecule has 0 bridgehead atoms. The second kappa shape index (κ2) is 4.07. The fourth-order valence-electron chi connectivity index (χ4n) is 1.16. The normalized spacial score (nSPS) is 12.5. The van der Waals surface area contributed by atoms with E-state index in [1.807, 2.05) is 25.1 Å². The van der Waals surface area contributed by atoms with Gasteiger partial charge in [-0.05, 0) is 12.5 Å². The molecule has 0 saturated heterocycles. The van der Waals surface area contributed by atoms with Gasteiger partial charge in [0.15, 0.2) is 0 Å². The maximum absolute atomic E-state index is 9.28. The third kappa shape index (κ3) is 2.51. The Labute approximate surface area is 73.4 Å². The van der Waals surface area contributed by atoms with Crippen molar-refractivity contribution in [3.05, 3.63) is 48.0 Å². The summed E-state index contributed by atoms with van der Waals surface area (Å²) in [5.74, 6) is 0. The van der Waals surface area contributed by atoms with E-state index in [9.17, 15) is 5.11 Å². The lowest BCUT2D eigenvalue weighted by Crippen LogP contribution is -2.05. The van der Waals surface area contributed by atoms with E-state index in [1.165, 1.54) is 5.56 Å². The molecule has 0 spiro atoms. The molecule has 1 heteroatoms. The summed E-state index contributed by atoms with van der Waals surface area (Å²) in [5, 5.41) is 9.28. The Morgan fingerprint density at radius 3 is 2.92 bits per heavy atom. The van der Waals surface area contributed by atoms with E-state index >= 15 is 0 Å². The van der Waals surface area contributed by atoms with Gasteiger partial charge in [-0.3, -0.25) is 0 Å². The van der Waals surface area contributed by atoms with E-state index in [-0.39, 0.29) is 0 Å². The molecule has 0 fully saturated rings. The van der Waals surface area contributed by atoms with Gasteiger partial charge in [0.2, 0.25) is 0 Å². The van der Waals surface area contributed by atoms with Crippen LogP contribution in [0.5, 0.6) is 0 Å². The standard InChI is InChI=1S/C11H14O/c1-3-11(12)8-10-6-4-5-9(2)7-10/h3-7,11-12H,1,8H2,2H3/t11-/m1/s1. The van der Waals surface area contributed by atoms with E-state index in [0.29, 0.717) is 6.42 Å². The molecule has 0 saturated carbocycles. The Hall–Kier alpha value is -1.08. The molecule has 0 aliphatic carbocycles. The average molecular weight is 162 g/mol. The molecule has 1 N–H and O–H groups in total. The molecule has 0 unspecified atom stereocenters. The average Bonchev–Trinajstić information content (AvgIpc) is 2.04. The van der Waals surface area contributed by atoms with Gasteiger partial charge in [-0.1, -0.05) is 35.9 Å². The van der Waals surface area contributed by atoms with Gasteiger partial charge in [-0.25, -0.2) is 0 Å². The van der Waals surface area contributed by atoms with Gasteiger partial charge >= 0.3 is 0 Å². The Morgan fingerprint density at radius 1 is 1.58 bits per heavy atom. The van der Waals surface area contributed by atoms with Crippen molar-refractivity contribution < 1.29 is 5.11 Å². The van der Waals surface area contributed by atoms with Crippen molar-refractivity contribution in [1.82, 2.24) is 0 Å². The summed E-state index contributed by atoms with van der Waals surface area (Å²) in [7, 11) is 0. The molecule has 0 radical (unpaired) electrons. The van der Waals surface area contributed by atoms with Gasteiger partial charge in [0.1, 0.15) is 0 Å². The third-order valence-electron chi connectivity index (χ3n) is 1.80. The second-order valence-electron chi connectivity index (χ2n) is 3.00. The first-order chi connectivity index (χ1) is 5.72. The highest BCUT2D eigenvalue weighted by Gasteiger charge is 1.99. The van der Waals surface area contributed by atoms with Gasteiger partial charge < -0.3 is 5.11 Å². The van der Waals surface area contributed by atoms with E-state index in [2.05, 4.69) is 12.6 Å². The van der Waals surface area contributed by atoms with E-state index in [1.54, 1.807) is 6.08 Å². The highest BCUT2D eigenvalue weighted by molar-refractivity contribution is 5.23. The zero-order valence-electron chi connectivity index (χ0n) is 7.33. The molecule has 1 aromatic carbocycles. The summed E-state index contributed by atoms with van der Waals surface area (Å²) in [6.45, 7) is 5.57. The van der Waals surface area contributed by atoms with Crippen molar-refractivity contribution in [3.8, 4) is 0 Å². The Kier molecular flexibility index (Phi) is 3.06.